The second kappa shape index (κ2) is 10.2. The van der Waals surface area contributed by atoms with Crippen LogP contribution in [0.15, 0.2) is 23.2 Å². The number of carboxylic acid groups (broad SMARTS) is 1. The van der Waals surface area contributed by atoms with E-state index < -0.39 is 45.0 Å². The Morgan fingerprint density at radius 1 is 1.28 bits per heavy atom. The second-order valence-electron chi connectivity index (χ2n) is 10.4. The van der Waals surface area contributed by atoms with E-state index in [0.717, 1.165) is 10.4 Å². The summed E-state index contributed by atoms with van der Waals surface area (Å²) in [6, 6.07) is 2.29. The highest BCUT2D eigenvalue weighted by Crippen LogP contribution is 2.47. The van der Waals surface area contributed by atoms with Crippen LogP contribution in [0.1, 0.15) is 46.6 Å². The molecule has 0 aliphatic carbocycles. The summed E-state index contributed by atoms with van der Waals surface area (Å²) >= 11 is 6.16. The van der Waals surface area contributed by atoms with Crippen LogP contribution in [0.4, 0.5) is 29.3 Å². The maximum absolute atomic E-state index is 13.9. The zero-order chi connectivity index (χ0) is 29.7. The normalized spacial score (nSPS) is 16.5. The van der Waals surface area contributed by atoms with Crippen LogP contribution in [0.5, 0.6) is 5.75 Å². The van der Waals surface area contributed by atoms with Gasteiger partial charge >= 0.3 is 6.18 Å². The van der Waals surface area contributed by atoms with Crippen molar-refractivity contribution in [3.63, 3.8) is 0 Å². The molecule has 0 saturated carbocycles. The first-order chi connectivity index (χ1) is 17.8. The highest BCUT2D eigenvalue weighted by atomic mass is 35.5. The number of anilines is 2. The van der Waals surface area contributed by atoms with E-state index in [-0.39, 0.29) is 44.9 Å². The van der Waals surface area contributed by atoms with Gasteiger partial charge in [-0.3, -0.25) is 8.99 Å². The molecule has 3 rings (SSSR count). The fourth-order valence-corrected chi connectivity index (χ4v) is 6.37. The van der Waals surface area contributed by atoms with Gasteiger partial charge in [0.1, 0.15) is 34.7 Å². The molecule has 0 bridgehead atoms. The van der Waals surface area contributed by atoms with Crippen LogP contribution in [0, 0.1) is 12.3 Å². The van der Waals surface area contributed by atoms with Crippen LogP contribution in [0.3, 0.4) is 0 Å². The van der Waals surface area contributed by atoms with E-state index in [9.17, 15) is 36.3 Å². The molecular weight excluding hydrogens is 565 g/mol. The number of fused-ring (bicyclic) bond motifs is 1. The van der Waals surface area contributed by atoms with Crippen LogP contribution >= 0.6 is 11.6 Å². The summed E-state index contributed by atoms with van der Waals surface area (Å²) in [5, 5.41) is 15.7. The smallest absolute Gasteiger partial charge is 0.411 e. The van der Waals surface area contributed by atoms with Gasteiger partial charge in [0.15, 0.2) is 5.15 Å². The number of alkyl halides is 3. The molecule has 216 valence electrons. The molecule has 15 heteroatoms. The zero-order valence-electron chi connectivity index (χ0n) is 22.2. The first-order valence-electron chi connectivity index (χ1n) is 11.9. The van der Waals surface area contributed by atoms with E-state index in [1.807, 2.05) is 0 Å². The zero-order valence-corrected chi connectivity index (χ0v) is 23.7. The standard InChI is InChI=1S/C24H30ClF3N4O6S/c1-7-30-12-18(20(25)29-30)39(36,37)31-11-15(10-22(3,4)13-33)38-17-9-8-16(14(2)19(17)31)32(21(34)35)23(5,6)24(26,27)28/h8-9,12-13,15H,7,10-11H2,1-6H3,(H,34,35)/p-1/t15-/m1/s1. The summed E-state index contributed by atoms with van der Waals surface area (Å²) in [5.41, 5.74) is -4.55. The van der Waals surface area contributed by atoms with Crippen molar-refractivity contribution < 1.29 is 41.0 Å². The molecule has 0 fully saturated rings. The van der Waals surface area contributed by atoms with Gasteiger partial charge in [-0.15, -0.1) is 0 Å². The molecule has 1 aliphatic heterocycles. The molecule has 0 radical (unpaired) electrons. The first kappa shape index (κ1) is 30.5. The van der Waals surface area contributed by atoms with Crippen molar-refractivity contribution >= 4 is 45.4 Å². The summed E-state index contributed by atoms with van der Waals surface area (Å²) in [6.45, 7) is 7.60. The maximum atomic E-state index is 13.9. The minimum absolute atomic E-state index is 0.0279. The number of amides is 1. The predicted molar refractivity (Wildman–Crippen MR) is 136 cm³/mol. The highest BCUT2D eigenvalue weighted by Gasteiger charge is 2.53. The Morgan fingerprint density at radius 3 is 2.38 bits per heavy atom. The summed E-state index contributed by atoms with van der Waals surface area (Å²) in [7, 11) is -4.49. The van der Waals surface area contributed by atoms with Gasteiger partial charge in [-0.05, 0) is 46.2 Å². The first-order valence-corrected chi connectivity index (χ1v) is 13.7. The van der Waals surface area contributed by atoms with E-state index in [0.29, 0.717) is 26.7 Å². The number of nitrogens with zero attached hydrogens (tertiary/aromatic N) is 4. The molecule has 1 amide bonds. The van der Waals surface area contributed by atoms with Crippen molar-refractivity contribution in [2.45, 2.75) is 77.2 Å². The lowest BCUT2D eigenvalue weighted by Gasteiger charge is -2.44. The molecule has 0 spiro atoms. The Balaban J connectivity index is 2.29. The lowest BCUT2D eigenvalue weighted by atomic mass is 9.88. The molecule has 1 aromatic heterocycles. The van der Waals surface area contributed by atoms with E-state index in [2.05, 4.69) is 5.10 Å². The van der Waals surface area contributed by atoms with Gasteiger partial charge < -0.3 is 24.3 Å². The van der Waals surface area contributed by atoms with E-state index in [1.165, 1.54) is 23.9 Å². The topological polar surface area (TPSA) is 125 Å². The maximum Gasteiger partial charge on any atom is 0.411 e. The summed E-state index contributed by atoms with van der Waals surface area (Å²) < 4.78 is 77.8. The molecule has 2 aromatic rings. The number of hydrogen-bond donors (Lipinski definition) is 0. The second-order valence-corrected chi connectivity index (χ2v) is 12.6. The average molecular weight is 594 g/mol. The molecule has 1 aliphatic rings. The Kier molecular flexibility index (Phi) is 7.98. The summed E-state index contributed by atoms with van der Waals surface area (Å²) in [5.74, 6) is -0.0279. The van der Waals surface area contributed by atoms with Crippen molar-refractivity contribution in [3.8, 4) is 5.75 Å². The third-order valence-electron chi connectivity index (χ3n) is 6.60. The minimum Gasteiger partial charge on any atom is -0.530 e. The number of ether oxygens (including phenoxy) is 1. The lowest BCUT2D eigenvalue weighted by Crippen LogP contribution is -2.61. The SMILES string of the molecule is CCn1cc(S(=O)(=O)N2C[C@@H](CC(C)(C)C=O)Oc3ccc(N(C(=O)[O-])C(C)(C)C(F)(F)F)c(C)c32)c(Cl)n1. The number of carbonyl (C=O) groups excluding carboxylic acids is 2. The van der Waals surface area contributed by atoms with Crippen LogP contribution in [0.25, 0.3) is 0 Å². The van der Waals surface area contributed by atoms with Crippen LogP contribution in [-0.4, -0.2) is 54.9 Å². The van der Waals surface area contributed by atoms with Crippen molar-refractivity contribution in [1.29, 1.82) is 0 Å². The third-order valence-corrected chi connectivity index (χ3v) is 8.76. The number of benzene rings is 1. The van der Waals surface area contributed by atoms with Gasteiger partial charge in [0.2, 0.25) is 0 Å². The Hall–Kier alpha value is -3.00. The van der Waals surface area contributed by atoms with E-state index >= 15 is 0 Å². The van der Waals surface area contributed by atoms with E-state index in [4.69, 9.17) is 16.3 Å². The molecule has 2 heterocycles. The van der Waals surface area contributed by atoms with Crippen molar-refractivity contribution in [2.75, 3.05) is 15.7 Å². The van der Waals surface area contributed by atoms with Crippen LogP contribution in [-0.2, 0) is 21.4 Å². The van der Waals surface area contributed by atoms with Crippen LogP contribution in [0.2, 0.25) is 5.15 Å². The van der Waals surface area contributed by atoms with Gasteiger partial charge in [0.25, 0.3) is 10.0 Å². The predicted octanol–water partition coefficient (Wildman–Crippen LogP) is 3.93. The average Bonchev–Trinajstić information content (AvgIpc) is 3.20. The fraction of sp³-hybridized carbons (Fsp3) is 0.542. The van der Waals surface area contributed by atoms with Gasteiger partial charge in [0.05, 0.1) is 12.2 Å². The quantitative estimate of drug-likeness (QED) is 0.425. The molecule has 0 unspecified atom stereocenters. The van der Waals surface area contributed by atoms with E-state index in [1.54, 1.807) is 20.8 Å². The molecular formula is C24H29ClF3N4O6S-. The number of aryl methyl sites for hydroxylation is 1. The number of carbonyl (C=O) groups is 2. The van der Waals surface area contributed by atoms with Crippen molar-refractivity contribution in [1.82, 2.24) is 9.78 Å². The Morgan fingerprint density at radius 2 is 1.90 bits per heavy atom. The molecule has 0 N–H and O–H groups in total. The minimum atomic E-state index is -4.99. The van der Waals surface area contributed by atoms with Gasteiger partial charge in [-0.1, -0.05) is 25.4 Å². The molecule has 10 nitrogen and oxygen atoms in total. The number of sulfonamides is 1. The summed E-state index contributed by atoms with van der Waals surface area (Å²) in [4.78, 5) is 23.3. The number of aromatic nitrogens is 2. The molecule has 39 heavy (non-hydrogen) atoms. The molecule has 1 aromatic carbocycles. The third kappa shape index (κ3) is 5.53. The number of hydrogen-bond acceptors (Lipinski definition) is 7. The monoisotopic (exact) mass is 593 g/mol. The largest absolute Gasteiger partial charge is 0.530 e. The van der Waals surface area contributed by atoms with Gasteiger partial charge in [0, 0.05) is 29.4 Å². The lowest BCUT2D eigenvalue weighted by molar-refractivity contribution is -0.254. The highest BCUT2D eigenvalue weighted by molar-refractivity contribution is 7.93. The molecule has 0 saturated heterocycles. The number of rotatable bonds is 8. The summed E-state index contributed by atoms with van der Waals surface area (Å²) in [6.07, 6.45) is -5.93. The Labute approximate surface area is 229 Å². The molecule has 1 atom stereocenters. The fourth-order valence-electron chi connectivity index (χ4n) is 4.35. The van der Waals surface area contributed by atoms with Gasteiger partial charge in [-0.2, -0.15) is 18.3 Å². The Bertz CT molecular complexity index is 1390. The van der Waals surface area contributed by atoms with Crippen LogP contribution < -0.4 is 19.0 Å². The number of halogens is 4. The van der Waals surface area contributed by atoms with Gasteiger partial charge in [-0.25, -0.2) is 8.42 Å². The van der Waals surface area contributed by atoms with Crippen molar-refractivity contribution in [3.05, 3.63) is 29.0 Å². The number of aldehydes is 1. The van der Waals surface area contributed by atoms with Crippen molar-refractivity contribution in [2.24, 2.45) is 5.41 Å².